The molecule has 1 saturated heterocycles. The van der Waals surface area contributed by atoms with E-state index in [1.807, 2.05) is 20.8 Å². The summed E-state index contributed by atoms with van der Waals surface area (Å²) in [7, 11) is 0. The van der Waals surface area contributed by atoms with Gasteiger partial charge in [-0.25, -0.2) is 0 Å². The third kappa shape index (κ3) is 4.83. The van der Waals surface area contributed by atoms with Gasteiger partial charge in [-0.15, -0.1) is 0 Å². The Labute approximate surface area is 176 Å². The molecule has 1 unspecified atom stereocenters. The van der Waals surface area contributed by atoms with E-state index >= 15 is 0 Å². The summed E-state index contributed by atoms with van der Waals surface area (Å²) in [6.45, 7) is 8.41. The molecule has 0 radical (unpaired) electrons. The van der Waals surface area contributed by atoms with Crippen LogP contribution < -0.4 is 0 Å². The third-order valence-electron chi connectivity index (χ3n) is 5.31. The van der Waals surface area contributed by atoms with E-state index in [-0.39, 0.29) is 5.91 Å². The minimum atomic E-state index is -4.34. The molecular weight excluding hydrogens is 449 g/mol. The minimum absolute atomic E-state index is 0.00168. The highest BCUT2D eigenvalue weighted by molar-refractivity contribution is 9.10. The molecule has 0 bridgehead atoms. The molecule has 0 saturated carbocycles. The Bertz CT molecular complexity index is 888. The van der Waals surface area contributed by atoms with Gasteiger partial charge in [0, 0.05) is 32.7 Å². The van der Waals surface area contributed by atoms with Gasteiger partial charge >= 0.3 is 6.18 Å². The number of piperazine rings is 1. The normalized spacial score (nSPS) is 16.9. The van der Waals surface area contributed by atoms with E-state index in [0.717, 1.165) is 21.9 Å². The summed E-state index contributed by atoms with van der Waals surface area (Å²) in [5.74, 6) is 0.00168. The van der Waals surface area contributed by atoms with E-state index in [4.69, 9.17) is 0 Å². The lowest BCUT2D eigenvalue weighted by molar-refractivity contribution is -0.138. The first-order valence-corrected chi connectivity index (χ1v) is 10.3. The predicted octanol–water partition coefficient (Wildman–Crippen LogP) is 4.19. The first kappa shape index (κ1) is 21.8. The Kier molecular flexibility index (Phi) is 6.38. The number of rotatable bonds is 4. The van der Waals surface area contributed by atoms with Gasteiger partial charge in [-0.2, -0.15) is 18.3 Å². The third-order valence-corrected chi connectivity index (χ3v) is 6.45. The first-order chi connectivity index (χ1) is 13.6. The summed E-state index contributed by atoms with van der Waals surface area (Å²) < 4.78 is 41.3. The highest BCUT2D eigenvalue weighted by atomic mass is 79.9. The van der Waals surface area contributed by atoms with Crippen LogP contribution in [0.15, 0.2) is 28.7 Å². The number of alkyl halides is 3. The van der Waals surface area contributed by atoms with Crippen LogP contribution in [0.1, 0.15) is 35.5 Å². The number of hydrogen-bond donors (Lipinski definition) is 0. The van der Waals surface area contributed by atoms with Crippen molar-refractivity contribution in [2.75, 3.05) is 26.2 Å². The summed E-state index contributed by atoms with van der Waals surface area (Å²) in [6.07, 6.45) is -4.34. The number of nitrogens with zero attached hydrogens (tertiary/aromatic N) is 4. The summed E-state index contributed by atoms with van der Waals surface area (Å²) in [6, 6.07) is 5.01. The van der Waals surface area contributed by atoms with E-state index in [0.29, 0.717) is 38.3 Å². The average molecular weight is 473 g/mol. The summed E-state index contributed by atoms with van der Waals surface area (Å²) in [5.41, 5.74) is 1.74. The largest absolute Gasteiger partial charge is 0.416 e. The van der Waals surface area contributed by atoms with Crippen LogP contribution in [0.2, 0.25) is 0 Å². The zero-order chi connectivity index (χ0) is 21.3. The number of amides is 1. The number of halogens is 4. The van der Waals surface area contributed by atoms with Crippen LogP contribution in [-0.2, 0) is 17.5 Å². The fourth-order valence-electron chi connectivity index (χ4n) is 3.62. The average Bonchev–Trinajstić information content (AvgIpc) is 2.94. The molecule has 5 nitrogen and oxygen atoms in total. The molecule has 1 aromatic heterocycles. The molecule has 2 aromatic rings. The van der Waals surface area contributed by atoms with E-state index in [1.165, 1.54) is 12.1 Å². The number of aryl methyl sites for hydroxylation is 1. The van der Waals surface area contributed by atoms with Crippen molar-refractivity contribution < 1.29 is 18.0 Å². The minimum Gasteiger partial charge on any atom is -0.338 e. The molecule has 158 valence electrons. The lowest BCUT2D eigenvalue weighted by atomic mass is 10.1. The maximum atomic E-state index is 12.9. The van der Waals surface area contributed by atoms with Crippen LogP contribution in [0.5, 0.6) is 0 Å². The molecule has 3 rings (SSSR count). The van der Waals surface area contributed by atoms with E-state index in [9.17, 15) is 18.0 Å². The van der Waals surface area contributed by atoms with Crippen LogP contribution in [0.4, 0.5) is 13.2 Å². The molecule has 9 heteroatoms. The van der Waals surface area contributed by atoms with Gasteiger partial charge in [0.2, 0.25) is 5.91 Å². The number of benzene rings is 1. The monoisotopic (exact) mass is 472 g/mol. The smallest absolute Gasteiger partial charge is 0.338 e. The quantitative estimate of drug-likeness (QED) is 0.669. The van der Waals surface area contributed by atoms with Gasteiger partial charge in [-0.05, 0) is 48.3 Å². The highest BCUT2D eigenvalue weighted by Crippen LogP contribution is 2.30. The van der Waals surface area contributed by atoms with Crippen molar-refractivity contribution in [2.24, 2.45) is 0 Å². The molecular formula is C20H24BrF3N4O. The fourth-order valence-corrected chi connectivity index (χ4v) is 3.88. The lowest BCUT2D eigenvalue weighted by Crippen LogP contribution is -2.50. The summed E-state index contributed by atoms with van der Waals surface area (Å²) in [5, 5.41) is 4.44. The second-order valence-electron chi connectivity index (χ2n) is 7.40. The topological polar surface area (TPSA) is 41.4 Å². The molecule has 1 aliphatic heterocycles. The molecule has 1 aromatic carbocycles. The Morgan fingerprint density at radius 3 is 2.41 bits per heavy atom. The van der Waals surface area contributed by atoms with Gasteiger partial charge in [0.15, 0.2) is 0 Å². The Hall–Kier alpha value is -1.87. The first-order valence-electron chi connectivity index (χ1n) is 9.46. The zero-order valence-corrected chi connectivity index (χ0v) is 18.2. The number of carbonyl (C=O) groups excluding carboxylic acids is 1. The van der Waals surface area contributed by atoms with Gasteiger partial charge in [-0.3, -0.25) is 14.4 Å². The summed E-state index contributed by atoms with van der Waals surface area (Å²) in [4.78, 5) is 16.8. The van der Waals surface area contributed by atoms with Crippen LogP contribution in [0, 0.1) is 13.8 Å². The Morgan fingerprint density at radius 2 is 1.86 bits per heavy atom. The van der Waals surface area contributed by atoms with Crippen LogP contribution in [0.25, 0.3) is 0 Å². The van der Waals surface area contributed by atoms with Gasteiger partial charge < -0.3 is 4.90 Å². The number of aromatic nitrogens is 2. The zero-order valence-electron chi connectivity index (χ0n) is 16.6. The second kappa shape index (κ2) is 8.47. The molecule has 0 spiro atoms. The van der Waals surface area contributed by atoms with Gasteiger partial charge in [0.1, 0.15) is 6.04 Å². The van der Waals surface area contributed by atoms with Gasteiger partial charge in [0.05, 0.1) is 21.4 Å². The fraction of sp³-hybridized carbons (Fsp3) is 0.500. The molecule has 1 fully saturated rings. The molecule has 1 amide bonds. The SMILES string of the molecule is Cc1nn(C(C)C(=O)N2CCN(Cc3cccc(C(F)(F)F)c3)CC2)c(C)c1Br. The van der Waals surface area contributed by atoms with Gasteiger partial charge in [-0.1, -0.05) is 18.2 Å². The van der Waals surface area contributed by atoms with Crippen molar-refractivity contribution in [3.63, 3.8) is 0 Å². The molecule has 29 heavy (non-hydrogen) atoms. The van der Waals surface area contributed by atoms with Crippen molar-refractivity contribution in [3.05, 3.63) is 51.3 Å². The van der Waals surface area contributed by atoms with Gasteiger partial charge in [0.25, 0.3) is 0 Å². The van der Waals surface area contributed by atoms with E-state index < -0.39 is 17.8 Å². The van der Waals surface area contributed by atoms with Crippen LogP contribution in [-0.4, -0.2) is 51.7 Å². The number of hydrogen-bond acceptors (Lipinski definition) is 3. The van der Waals surface area contributed by atoms with Crippen molar-refractivity contribution in [2.45, 2.75) is 39.5 Å². The van der Waals surface area contributed by atoms with E-state index in [1.54, 1.807) is 15.6 Å². The van der Waals surface area contributed by atoms with Crippen molar-refractivity contribution in [3.8, 4) is 0 Å². The highest BCUT2D eigenvalue weighted by Gasteiger charge is 2.31. The molecule has 0 N–H and O–H groups in total. The predicted molar refractivity (Wildman–Crippen MR) is 107 cm³/mol. The van der Waals surface area contributed by atoms with Crippen molar-refractivity contribution in [1.82, 2.24) is 19.6 Å². The molecule has 1 aliphatic rings. The number of carbonyl (C=O) groups is 1. The second-order valence-corrected chi connectivity index (χ2v) is 8.20. The summed E-state index contributed by atoms with van der Waals surface area (Å²) >= 11 is 3.48. The molecule has 2 heterocycles. The van der Waals surface area contributed by atoms with Crippen molar-refractivity contribution in [1.29, 1.82) is 0 Å². The Morgan fingerprint density at radius 1 is 1.21 bits per heavy atom. The maximum Gasteiger partial charge on any atom is 0.416 e. The lowest BCUT2D eigenvalue weighted by Gasteiger charge is -2.36. The standard InChI is InChI=1S/C20H24BrF3N4O/c1-13-18(21)14(2)28(25-13)15(3)19(29)27-9-7-26(8-10-27)12-16-5-4-6-17(11-16)20(22,23)24/h4-6,11,15H,7-10,12H2,1-3H3. The maximum absolute atomic E-state index is 12.9. The molecule has 1 atom stereocenters. The van der Waals surface area contributed by atoms with E-state index in [2.05, 4.69) is 25.9 Å². The van der Waals surface area contributed by atoms with Crippen LogP contribution in [0.3, 0.4) is 0 Å². The van der Waals surface area contributed by atoms with Crippen LogP contribution >= 0.6 is 15.9 Å². The molecule has 0 aliphatic carbocycles. The Balaban J connectivity index is 1.59. The van der Waals surface area contributed by atoms with Crippen molar-refractivity contribution >= 4 is 21.8 Å².